The Morgan fingerprint density at radius 3 is 2.83 bits per heavy atom. The molecule has 0 aromatic heterocycles. The van der Waals surface area contributed by atoms with Crippen LogP contribution in [-0.4, -0.2) is 14.1 Å². The second kappa shape index (κ2) is 2.20. The number of imidazole rings is 1. The van der Waals surface area contributed by atoms with Crippen molar-refractivity contribution in [1.82, 2.24) is 14.1 Å². The van der Waals surface area contributed by atoms with Crippen molar-refractivity contribution in [3.8, 4) is 11.5 Å². The Balaban J connectivity index is 2.92. The fraction of sp³-hybridized carbons (Fsp3) is 0.250. The molecule has 0 amide bonds. The van der Waals surface area contributed by atoms with E-state index in [0.29, 0.717) is 0 Å². The lowest BCUT2D eigenvalue weighted by atomic mass is 10.3. The molecule has 62 valence electrons. The average molecular weight is 163 g/mol. The predicted octanol–water partition coefficient (Wildman–Crippen LogP) is 0.224. The van der Waals surface area contributed by atoms with Gasteiger partial charge in [-0.15, -0.1) is 0 Å². The summed E-state index contributed by atoms with van der Waals surface area (Å²) in [6, 6.07) is 3.77. The number of aryl methyl sites for hydroxylation is 1. The van der Waals surface area contributed by atoms with Crippen LogP contribution < -0.4 is 5.69 Å². The quantitative estimate of drug-likeness (QED) is 0.557. The van der Waals surface area contributed by atoms with Gasteiger partial charge in [-0.3, -0.25) is 4.57 Å². The number of hydrogen-bond acceptors (Lipinski definition) is 2. The van der Waals surface area contributed by atoms with Crippen molar-refractivity contribution >= 4 is 0 Å². The summed E-state index contributed by atoms with van der Waals surface area (Å²) < 4.78 is 3.37. The second-order valence-corrected chi connectivity index (χ2v) is 2.78. The summed E-state index contributed by atoms with van der Waals surface area (Å²) in [6.07, 6.45) is 1.87. The molecule has 0 saturated carbocycles. The molecule has 0 aromatic carbocycles. The molecule has 0 bridgehead atoms. The molecule has 2 aliphatic rings. The number of rotatable bonds is 0. The highest BCUT2D eigenvalue weighted by Gasteiger charge is 2.11. The van der Waals surface area contributed by atoms with Crippen LogP contribution in [-0.2, 0) is 14.1 Å². The highest BCUT2D eigenvalue weighted by Crippen LogP contribution is 2.14. The van der Waals surface area contributed by atoms with Gasteiger partial charge in [0.25, 0.3) is 0 Å². The molecule has 4 heteroatoms. The molecule has 0 aliphatic carbocycles. The number of fused-ring (bicyclic) bond motifs is 1. The Hall–Kier alpha value is -1.58. The molecule has 0 fully saturated rings. The van der Waals surface area contributed by atoms with Gasteiger partial charge in [-0.05, 0) is 12.1 Å². The van der Waals surface area contributed by atoms with Crippen LogP contribution in [0.4, 0.5) is 0 Å². The van der Waals surface area contributed by atoms with Crippen molar-refractivity contribution in [1.29, 1.82) is 0 Å². The van der Waals surface area contributed by atoms with Crippen LogP contribution in [0.25, 0.3) is 11.5 Å². The van der Waals surface area contributed by atoms with Crippen LogP contribution >= 0.6 is 0 Å². The largest absolute Gasteiger partial charge is 0.349 e. The van der Waals surface area contributed by atoms with Gasteiger partial charge in [-0.2, -0.15) is 4.98 Å². The van der Waals surface area contributed by atoms with Crippen molar-refractivity contribution in [2.24, 2.45) is 14.1 Å². The molecule has 0 radical (unpaired) electrons. The van der Waals surface area contributed by atoms with E-state index in [-0.39, 0.29) is 5.69 Å². The SMILES string of the molecule is Cn1cccc2n(C)c(=O)nc1-2. The Bertz CT molecular complexity index is 440. The molecule has 0 N–H and O–H groups in total. The Kier molecular flexibility index (Phi) is 1.30. The minimum Gasteiger partial charge on any atom is -0.334 e. The molecule has 2 rings (SSSR count). The van der Waals surface area contributed by atoms with Crippen LogP contribution in [0.15, 0.2) is 23.1 Å². The Morgan fingerprint density at radius 1 is 1.42 bits per heavy atom. The van der Waals surface area contributed by atoms with Gasteiger partial charge < -0.3 is 4.57 Å². The Morgan fingerprint density at radius 2 is 2.17 bits per heavy atom. The van der Waals surface area contributed by atoms with Crippen molar-refractivity contribution in [3.63, 3.8) is 0 Å². The third-order valence-corrected chi connectivity index (χ3v) is 1.98. The predicted molar refractivity (Wildman–Crippen MR) is 45.1 cm³/mol. The molecule has 12 heavy (non-hydrogen) atoms. The minimum atomic E-state index is -0.202. The molecular weight excluding hydrogens is 154 g/mol. The normalized spacial score (nSPS) is 10.8. The van der Waals surface area contributed by atoms with Gasteiger partial charge in [0.15, 0.2) is 5.82 Å². The third kappa shape index (κ3) is 0.777. The number of hydrogen-bond donors (Lipinski definition) is 0. The smallest absolute Gasteiger partial charge is 0.334 e. The molecule has 4 nitrogen and oxygen atoms in total. The van der Waals surface area contributed by atoms with Gasteiger partial charge >= 0.3 is 5.69 Å². The summed E-state index contributed by atoms with van der Waals surface area (Å²) in [5.74, 6) is 0.727. The first-order valence-corrected chi connectivity index (χ1v) is 3.68. The van der Waals surface area contributed by atoms with E-state index in [9.17, 15) is 4.79 Å². The summed E-state index contributed by atoms with van der Waals surface area (Å²) in [5.41, 5.74) is 0.664. The van der Waals surface area contributed by atoms with Crippen LogP contribution in [0.1, 0.15) is 0 Å². The molecule has 2 aliphatic heterocycles. The standard InChI is InChI=1S/C8H9N3O/c1-10-5-3-4-6-7(10)9-8(12)11(6)2/h3-5H,1-2H3. The van der Waals surface area contributed by atoms with Crippen molar-refractivity contribution in [2.75, 3.05) is 0 Å². The summed E-state index contributed by atoms with van der Waals surface area (Å²) in [6.45, 7) is 0. The lowest BCUT2D eigenvalue weighted by molar-refractivity contribution is 0.866. The molecule has 0 saturated heterocycles. The highest BCUT2D eigenvalue weighted by atomic mass is 16.1. The van der Waals surface area contributed by atoms with Crippen molar-refractivity contribution in [2.45, 2.75) is 0 Å². The van der Waals surface area contributed by atoms with E-state index < -0.39 is 0 Å². The zero-order valence-electron chi connectivity index (χ0n) is 6.98. The first-order chi connectivity index (χ1) is 5.70. The van der Waals surface area contributed by atoms with E-state index >= 15 is 0 Å². The molecule has 0 aromatic rings. The van der Waals surface area contributed by atoms with Crippen molar-refractivity contribution < 1.29 is 0 Å². The van der Waals surface area contributed by atoms with Crippen molar-refractivity contribution in [3.05, 3.63) is 28.8 Å². The third-order valence-electron chi connectivity index (χ3n) is 1.98. The molecule has 2 heterocycles. The Labute approximate surface area is 69.4 Å². The summed E-state index contributed by atoms with van der Waals surface area (Å²) in [7, 11) is 3.59. The first kappa shape index (κ1) is 7.09. The monoisotopic (exact) mass is 163 g/mol. The van der Waals surface area contributed by atoms with Gasteiger partial charge in [-0.1, -0.05) is 0 Å². The molecule has 0 spiro atoms. The lowest BCUT2D eigenvalue weighted by Crippen LogP contribution is -2.11. The number of aromatic nitrogens is 3. The molecule has 0 unspecified atom stereocenters. The van der Waals surface area contributed by atoms with Gasteiger partial charge in [0.05, 0.1) is 5.69 Å². The van der Waals surface area contributed by atoms with Crippen LogP contribution in [0.2, 0.25) is 0 Å². The summed E-state index contributed by atoms with van der Waals surface area (Å²) in [4.78, 5) is 15.0. The topological polar surface area (TPSA) is 39.8 Å². The van der Waals surface area contributed by atoms with Gasteiger partial charge in [0, 0.05) is 20.3 Å². The fourth-order valence-electron chi connectivity index (χ4n) is 1.26. The zero-order chi connectivity index (χ0) is 8.72. The van der Waals surface area contributed by atoms with E-state index in [0.717, 1.165) is 11.5 Å². The average Bonchev–Trinajstić information content (AvgIpc) is 2.32. The van der Waals surface area contributed by atoms with Gasteiger partial charge in [-0.25, -0.2) is 4.79 Å². The van der Waals surface area contributed by atoms with E-state index in [2.05, 4.69) is 4.98 Å². The first-order valence-electron chi connectivity index (χ1n) is 3.68. The second-order valence-electron chi connectivity index (χ2n) is 2.78. The van der Waals surface area contributed by atoms with Gasteiger partial charge in [0.2, 0.25) is 0 Å². The fourth-order valence-corrected chi connectivity index (χ4v) is 1.26. The van der Waals surface area contributed by atoms with E-state index in [1.165, 1.54) is 4.57 Å². The maximum atomic E-state index is 11.1. The lowest BCUT2D eigenvalue weighted by Gasteiger charge is -2.04. The van der Waals surface area contributed by atoms with Crippen LogP contribution in [0.3, 0.4) is 0 Å². The molecular formula is C8H9N3O. The van der Waals surface area contributed by atoms with E-state index in [1.807, 2.05) is 29.9 Å². The van der Waals surface area contributed by atoms with Crippen LogP contribution in [0, 0.1) is 0 Å². The van der Waals surface area contributed by atoms with E-state index in [4.69, 9.17) is 0 Å². The summed E-state index contributed by atoms with van der Waals surface area (Å²) in [5, 5.41) is 0. The molecule has 0 atom stereocenters. The maximum absolute atomic E-state index is 11.1. The van der Waals surface area contributed by atoms with Crippen LogP contribution in [0.5, 0.6) is 0 Å². The minimum absolute atomic E-state index is 0.202. The maximum Gasteiger partial charge on any atom is 0.349 e. The number of pyridine rings is 1. The van der Waals surface area contributed by atoms with Gasteiger partial charge in [0.1, 0.15) is 0 Å². The van der Waals surface area contributed by atoms with E-state index in [1.54, 1.807) is 7.05 Å². The number of nitrogens with zero attached hydrogens (tertiary/aromatic N) is 3. The highest BCUT2D eigenvalue weighted by molar-refractivity contribution is 5.51. The zero-order valence-corrected chi connectivity index (χ0v) is 6.98. The summed E-state index contributed by atoms with van der Waals surface area (Å²) >= 11 is 0.